The number of hydrogen-bond acceptors (Lipinski definition) is 2. The molecule has 0 aliphatic carbocycles. The minimum Gasteiger partial charge on any atom is -0.481 e. The highest BCUT2D eigenvalue weighted by Gasteiger charge is 2.25. The molecule has 0 radical (unpaired) electrons. The smallest absolute Gasteiger partial charge is 0.306 e. The van der Waals surface area contributed by atoms with Crippen LogP contribution in [0.2, 0.25) is 0 Å². The Balaban J connectivity index is 3.93. The van der Waals surface area contributed by atoms with E-state index >= 15 is 0 Å². The number of hydrogen-bond donors (Lipinski definition) is 2. The van der Waals surface area contributed by atoms with E-state index in [0.717, 1.165) is 12.8 Å². The van der Waals surface area contributed by atoms with Crippen molar-refractivity contribution in [3.8, 4) is 0 Å². The number of aliphatic hydroxyl groups excluding tert-OH is 1. The van der Waals surface area contributed by atoms with E-state index in [1.807, 2.05) is 0 Å². The van der Waals surface area contributed by atoms with Crippen LogP contribution in [0.4, 0.5) is 0 Å². The third kappa shape index (κ3) is 4.27. The molecule has 3 nitrogen and oxygen atoms in total. The van der Waals surface area contributed by atoms with Crippen molar-refractivity contribution in [3.05, 3.63) is 0 Å². The van der Waals surface area contributed by atoms with Crippen LogP contribution < -0.4 is 0 Å². The van der Waals surface area contributed by atoms with Crippen LogP contribution in [0.5, 0.6) is 0 Å². The molecule has 0 aliphatic rings. The summed E-state index contributed by atoms with van der Waals surface area (Å²) in [6, 6.07) is 0. The largest absolute Gasteiger partial charge is 0.481 e. The minimum atomic E-state index is -0.831. The average molecular weight is 188 g/mol. The quantitative estimate of drug-likeness (QED) is 0.669. The molecule has 3 heteroatoms. The van der Waals surface area contributed by atoms with E-state index in [9.17, 15) is 9.90 Å². The average Bonchev–Trinajstić information content (AvgIpc) is 2.11. The third-order valence-corrected chi connectivity index (χ3v) is 2.64. The van der Waals surface area contributed by atoms with Crippen molar-refractivity contribution in [2.24, 2.45) is 11.8 Å². The van der Waals surface area contributed by atoms with Crippen molar-refractivity contribution in [3.63, 3.8) is 0 Å². The van der Waals surface area contributed by atoms with Crippen LogP contribution in [-0.2, 0) is 4.79 Å². The van der Waals surface area contributed by atoms with Gasteiger partial charge in [-0.3, -0.25) is 4.79 Å². The maximum atomic E-state index is 10.6. The van der Waals surface area contributed by atoms with Crippen molar-refractivity contribution < 1.29 is 15.0 Å². The molecule has 0 rings (SSSR count). The predicted octanol–water partition coefficient (Wildman–Crippen LogP) is 1.89. The van der Waals surface area contributed by atoms with Gasteiger partial charge in [-0.25, -0.2) is 0 Å². The maximum absolute atomic E-state index is 10.6. The molecule has 0 aromatic rings. The Bertz CT molecular complexity index is 156. The van der Waals surface area contributed by atoms with Crippen molar-refractivity contribution in [1.82, 2.24) is 0 Å². The molecule has 0 aliphatic heterocycles. The molecule has 0 amide bonds. The Morgan fingerprint density at radius 2 is 1.92 bits per heavy atom. The van der Waals surface area contributed by atoms with Gasteiger partial charge in [0.05, 0.1) is 12.0 Å². The van der Waals surface area contributed by atoms with Crippen molar-refractivity contribution >= 4 is 5.97 Å². The van der Waals surface area contributed by atoms with Gasteiger partial charge in [0.25, 0.3) is 0 Å². The van der Waals surface area contributed by atoms with Crippen LogP contribution in [0.15, 0.2) is 0 Å². The second-order valence-electron chi connectivity index (χ2n) is 3.70. The fourth-order valence-electron chi connectivity index (χ4n) is 1.23. The van der Waals surface area contributed by atoms with E-state index in [2.05, 4.69) is 6.92 Å². The van der Waals surface area contributed by atoms with Crippen molar-refractivity contribution in [2.75, 3.05) is 0 Å². The summed E-state index contributed by atoms with van der Waals surface area (Å²) in [5, 5.41) is 18.3. The number of carbonyl (C=O) groups is 1. The zero-order chi connectivity index (χ0) is 10.4. The van der Waals surface area contributed by atoms with Gasteiger partial charge in [-0.2, -0.15) is 0 Å². The normalized spacial score (nSPS) is 17.8. The molecule has 13 heavy (non-hydrogen) atoms. The number of unbranched alkanes of at least 4 members (excludes halogenated alkanes) is 1. The molecule has 3 atom stereocenters. The highest BCUT2D eigenvalue weighted by molar-refractivity contribution is 5.69. The molecule has 0 bridgehead atoms. The number of aliphatic hydroxyl groups is 1. The molecular formula is C10H20O3. The molecule has 2 N–H and O–H groups in total. The number of carboxylic acid groups (broad SMARTS) is 1. The molecule has 0 fully saturated rings. The van der Waals surface area contributed by atoms with E-state index < -0.39 is 18.0 Å². The van der Waals surface area contributed by atoms with Gasteiger partial charge in [-0.05, 0) is 12.3 Å². The topological polar surface area (TPSA) is 57.5 Å². The first-order valence-corrected chi connectivity index (χ1v) is 4.91. The van der Waals surface area contributed by atoms with E-state index in [1.165, 1.54) is 0 Å². The number of rotatable bonds is 6. The Morgan fingerprint density at radius 3 is 2.31 bits per heavy atom. The Morgan fingerprint density at radius 1 is 1.38 bits per heavy atom. The third-order valence-electron chi connectivity index (χ3n) is 2.64. The first-order chi connectivity index (χ1) is 6.00. The zero-order valence-corrected chi connectivity index (χ0v) is 8.66. The standard InChI is InChI=1S/C10H20O3/c1-4-5-6-9(11)7(2)8(3)10(12)13/h7-9,11H,4-6H2,1-3H3,(H,12,13). The van der Waals surface area contributed by atoms with Gasteiger partial charge in [0.2, 0.25) is 0 Å². The van der Waals surface area contributed by atoms with Crippen LogP contribution in [0.3, 0.4) is 0 Å². The first-order valence-electron chi connectivity index (χ1n) is 4.91. The Hall–Kier alpha value is -0.570. The molecule has 0 aromatic carbocycles. The minimum absolute atomic E-state index is 0.163. The number of aliphatic carboxylic acids is 1. The van der Waals surface area contributed by atoms with Crippen molar-refractivity contribution in [1.29, 1.82) is 0 Å². The highest BCUT2D eigenvalue weighted by Crippen LogP contribution is 2.19. The molecule has 3 unspecified atom stereocenters. The van der Waals surface area contributed by atoms with Gasteiger partial charge in [-0.1, -0.05) is 33.6 Å². The van der Waals surface area contributed by atoms with Crippen molar-refractivity contribution in [2.45, 2.75) is 46.1 Å². The zero-order valence-electron chi connectivity index (χ0n) is 8.66. The van der Waals surface area contributed by atoms with Gasteiger partial charge < -0.3 is 10.2 Å². The molecule has 0 aromatic heterocycles. The summed E-state index contributed by atoms with van der Waals surface area (Å²) >= 11 is 0. The van der Waals surface area contributed by atoms with E-state index in [0.29, 0.717) is 6.42 Å². The SMILES string of the molecule is CCCCC(O)C(C)C(C)C(=O)O. The first kappa shape index (κ1) is 12.4. The second kappa shape index (κ2) is 5.97. The summed E-state index contributed by atoms with van der Waals surface area (Å²) in [5.74, 6) is -1.46. The second-order valence-corrected chi connectivity index (χ2v) is 3.70. The molecular weight excluding hydrogens is 168 g/mol. The fraction of sp³-hybridized carbons (Fsp3) is 0.900. The predicted molar refractivity (Wildman–Crippen MR) is 51.5 cm³/mol. The lowest BCUT2D eigenvalue weighted by molar-refractivity contribution is -0.144. The van der Waals surface area contributed by atoms with E-state index in [4.69, 9.17) is 5.11 Å². The lowest BCUT2D eigenvalue weighted by atomic mass is 9.88. The van der Waals surface area contributed by atoms with E-state index in [1.54, 1.807) is 13.8 Å². The molecule has 0 spiro atoms. The van der Waals surface area contributed by atoms with Gasteiger partial charge in [-0.15, -0.1) is 0 Å². The summed E-state index contributed by atoms with van der Waals surface area (Å²) in [7, 11) is 0. The van der Waals surface area contributed by atoms with Crippen LogP contribution >= 0.6 is 0 Å². The summed E-state index contributed by atoms with van der Waals surface area (Å²) in [4.78, 5) is 10.6. The Labute approximate surface area is 79.8 Å². The van der Waals surface area contributed by atoms with Gasteiger partial charge in [0, 0.05) is 0 Å². The van der Waals surface area contributed by atoms with Crippen LogP contribution in [0.25, 0.3) is 0 Å². The lowest BCUT2D eigenvalue weighted by Gasteiger charge is -2.21. The van der Waals surface area contributed by atoms with E-state index in [-0.39, 0.29) is 5.92 Å². The monoisotopic (exact) mass is 188 g/mol. The maximum Gasteiger partial charge on any atom is 0.306 e. The lowest BCUT2D eigenvalue weighted by Crippen LogP contribution is -2.28. The summed E-state index contributed by atoms with van der Waals surface area (Å²) in [6.07, 6.45) is 2.21. The molecule has 0 heterocycles. The molecule has 0 saturated heterocycles. The summed E-state index contributed by atoms with van der Waals surface area (Å²) < 4.78 is 0. The molecule has 0 saturated carbocycles. The van der Waals surface area contributed by atoms with Crippen LogP contribution in [0, 0.1) is 11.8 Å². The van der Waals surface area contributed by atoms with Gasteiger partial charge >= 0.3 is 5.97 Å². The highest BCUT2D eigenvalue weighted by atomic mass is 16.4. The fourth-order valence-corrected chi connectivity index (χ4v) is 1.23. The van der Waals surface area contributed by atoms with Gasteiger partial charge in [0.15, 0.2) is 0 Å². The van der Waals surface area contributed by atoms with Crippen LogP contribution in [0.1, 0.15) is 40.0 Å². The summed E-state index contributed by atoms with van der Waals surface area (Å²) in [6.45, 7) is 5.49. The summed E-state index contributed by atoms with van der Waals surface area (Å²) in [5.41, 5.74) is 0. The molecule has 78 valence electrons. The Kier molecular flexibility index (Phi) is 5.71. The number of carboxylic acids is 1. The van der Waals surface area contributed by atoms with Crippen LogP contribution in [-0.4, -0.2) is 22.3 Å². The van der Waals surface area contributed by atoms with Gasteiger partial charge in [0.1, 0.15) is 0 Å².